The van der Waals surface area contributed by atoms with Crippen LogP contribution in [0.1, 0.15) is 17.3 Å². The Hall–Kier alpha value is -3.02. The van der Waals surface area contributed by atoms with Gasteiger partial charge in [0.15, 0.2) is 17.3 Å². The number of carbonyl (C=O) groups is 2. The van der Waals surface area contributed by atoms with Crippen molar-refractivity contribution < 1.29 is 19.1 Å². The molecule has 2 rings (SSSR count). The van der Waals surface area contributed by atoms with E-state index in [1.807, 2.05) is 0 Å². The fourth-order valence-electron chi connectivity index (χ4n) is 2.15. The van der Waals surface area contributed by atoms with E-state index in [1.165, 1.54) is 14.0 Å². The number of carbonyl (C=O) groups excluding carboxylic acids is 2. The summed E-state index contributed by atoms with van der Waals surface area (Å²) in [7, 11) is 3.09. The first-order chi connectivity index (χ1) is 11.5. The van der Waals surface area contributed by atoms with Crippen molar-refractivity contribution in [1.82, 2.24) is 0 Å². The van der Waals surface area contributed by atoms with Crippen molar-refractivity contribution in [3.05, 3.63) is 48.0 Å². The molecular weight excluding hydrogens is 308 g/mol. The summed E-state index contributed by atoms with van der Waals surface area (Å²) in [5, 5.41) is 5.76. The summed E-state index contributed by atoms with van der Waals surface area (Å²) in [5.41, 5.74) is 1.92. The third-order valence-corrected chi connectivity index (χ3v) is 3.39. The Labute approximate surface area is 140 Å². The second-order valence-corrected chi connectivity index (χ2v) is 5.11. The molecule has 126 valence electrons. The minimum Gasteiger partial charge on any atom is -0.493 e. The first kappa shape index (κ1) is 17.3. The number of rotatable bonds is 7. The monoisotopic (exact) mass is 328 g/mol. The van der Waals surface area contributed by atoms with Crippen molar-refractivity contribution in [3.63, 3.8) is 0 Å². The molecule has 2 aromatic rings. The lowest BCUT2D eigenvalue weighted by molar-refractivity contribution is -0.114. The van der Waals surface area contributed by atoms with Crippen molar-refractivity contribution in [2.24, 2.45) is 0 Å². The predicted molar refractivity (Wildman–Crippen MR) is 93.1 cm³/mol. The van der Waals surface area contributed by atoms with Gasteiger partial charge in [0.2, 0.25) is 5.91 Å². The Morgan fingerprint density at radius 1 is 0.958 bits per heavy atom. The minimum absolute atomic E-state index is 0.0200. The first-order valence-electron chi connectivity index (χ1n) is 7.40. The van der Waals surface area contributed by atoms with Crippen LogP contribution in [0.5, 0.6) is 11.5 Å². The van der Waals surface area contributed by atoms with E-state index >= 15 is 0 Å². The summed E-state index contributed by atoms with van der Waals surface area (Å²) in [6.07, 6.45) is 0. The molecule has 24 heavy (non-hydrogen) atoms. The topological polar surface area (TPSA) is 76.7 Å². The Morgan fingerprint density at radius 2 is 1.71 bits per heavy atom. The average Bonchev–Trinajstić information content (AvgIpc) is 2.60. The number of nitrogens with one attached hydrogen (secondary N) is 2. The molecule has 0 aliphatic rings. The van der Waals surface area contributed by atoms with E-state index in [0.29, 0.717) is 28.4 Å². The standard InChI is InChI=1S/C18H20N2O4/c1-12(21)13-5-4-6-14(9-13)19-11-18(22)20-15-7-8-16(23-2)17(10-15)24-3/h4-10,19H,11H2,1-3H3,(H,20,22). The highest BCUT2D eigenvalue weighted by Crippen LogP contribution is 2.29. The van der Waals surface area contributed by atoms with Crippen LogP contribution in [0.4, 0.5) is 11.4 Å². The third-order valence-electron chi connectivity index (χ3n) is 3.39. The molecular formula is C18H20N2O4. The van der Waals surface area contributed by atoms with Gasteiger partial charge in [-0.1, -0.05) is 12.1 Å². The Bertz CT molecular complexity index is 744. The predicted octanol–water partition coefficient (Wildman–Crippen LogP) is 2.96. The van der Waals surface area contributed by atoms with Crippen LogP contribution < -0.4 is 20.1 Å². The number of ether oxygens (including phenoxy) is 2. The van der Waals surface area contributed by atoms with Crippen molar-refractivity contribution >= 4 is 23.1 Å². The fourth-order valence-corrected chi connectivity index (χ4v) is 2.15. The highest BCUT2D eigenvalue weighted by atomic mass is 16.5. The van der Waals surface area contributed by atoms with E-state index < -0.39 is 0 Å². The maximum absolute atomic E-state index is 12.0. The number of ketones is 1. The molecule has 0 radical (unpaired) electrons. The number of methoxy groups -OCH3 is 2. The molecule has 0 atom stereocenters. The summed E-state index contributed by atoms with van der Waals surface area (Å²) in [5.74, 6) is 0.899. The number of amides is 1. The smallest absolute Gasteiger partial charge is 0.243 e. The molecule has 0 unspecified atom stereocenters. The van der Waals surface area contributed by atoms with Crippen LogP contribution in [0.2, 0.25) is 0 Å². The van der Waals surface area contributed by atoms with Crippen LogP contribution in [0.3, 0.4) is 0 Å². The lowest BCUT2D eigenvalue weighted by atomic mass is 10.1. The second-order valence-electron chi connectivity index (χ2n) is 5.11. The van der Waals surface area contributed by atoms with Gasteiger partial charge in [-0.25, -0.2) is 0 Å². The lowest BCUT2D eigenvalue weighted by Gasteiger charge is -2.11. The summed E-state index contributed by atoms with van der Waals surface area (Å²) < 4.78 is 10.4. The summed E-state index contributed by atoms with van der Waals surface area (Å²) >= 11 is 0. The van der Waals surface area contributed by atoms with E-state index in [4.69, 9.17) is 9.47 Å². The molecule has 0 aromatic heterocycles. The SMILES string of the molecule is COc1ccc(NC(=O)CNc2cccc(C(C)=O)c2)cc1OC. The zero-order valence-electron chi connectivity index (χ0n) is 13.9. The van der Waals surface area contributed by atoms with Crippen molar-refractivity contribution in [1.29, 1.82) is 0 Å². The van der Waals surface area contributed by atoms with Crippen LogP contribution in [0.25, 0.3) is 0 Å². The minimum atomic E-state index is -0.213. The number of benzene rings is 2. The molecule has 2 aromatic carbocycles. The van der Waals surface area contributed by atoms with Gasteiger partial charge < -0.3 is 20.1 Å². The van der Waals surface area contributed by atoms with Gasteiger partial charge in [-0.2, -0.15) is 0 Å². The summed E-state index contributed by atoms with van der Waals surface area (Å²) in [4.78, 5) is 23.4. The molecule has 0 heterocycles. The van der Waals surface area contributed by atoms with Gasteiger partial charge in [0.05, 0.1) is 20.8 Å². The molecule has 0 aliphatic carbocycles. The zero-order chi connectivity index (χ0) is 17.5. The van der Waals surface area contributed by atoms with Crippen molar-refractivity contribution in [3.8, 4) is 11.5 Å². The van der Waals surface area contributed by atoms with E-state index in [1.54, 1.807) is 49.6 Å². The van der Waals surface area contributed by atoms with E-state index in [0.717, 1.165) is 0 Å². The fraction of sp³-hybridized carbons (Fsp3) is 0.222. The molecule has 0 saturated carbocycles. The Kier molecular flexibility index (Phi) is 5.78. The highest BCUT2D eigenvalue weighted by molar-refractivity contribution is 5.96. The molecule has 6 heteroatoms. The van der Waals surface area contributed by atoms with Gasteiger partial charge in [0.25, 0.3) is 0 Å². The Balaban J connectivity index is 1.96. The van der Waals surface area contributed by atoms with Gasteiger partial charge in [-0.15, -0.1) is 0 Å². The second kappa shape index (κ2) is 8.01. The maximum atomic E-state index is 12.0. The van der Waals surface area contributed by atoms with Gasteiger partial charge in [0, 0.05) is 23.0 Å². The zero-order valence-corrected chi connectivity index (χ0v) is 13.9. The number of hydrogen-bond donors (Lipinski definition) is 2. The number of anilines is 2. The van der Waals surface area contributed by atoms with Gasteiger partial charge in [-0.05, 0) is 31.2 Å². The van der Waals surface area contributed by atoms with Crippen LogP contribution >= 0.6 is 0 Å². The van der Waals surface area contributed by atoms with E-state index in [9.17, 15) is 9.59 Å². The van der Waals surface area contributed by atoms with Crippen LogP contribution in [-0.4, -0.2) is 32.5 Å². The van der Waals surface area contributed by atoms with Gasteiger partial charge in [-0.3, -0.25) is 9.59 Å². The summed E-state index contributed by atoms with van der Waals surface area (Å²) in [6, 6.07) is 12.2. The summed E-state index contributed by atoms with van der Waals surface area (Å²) in [6.45, 7) is 1.58. The molecule has 6 nitrogen and oxygen atoms in total. The molecule has 0 spiro atoms. The van der Waals surface area contributed by atoms with Crippen LogP contribution in [0, 0.1) is 0 Å². The number of Topliss-reactive ketones (excluding diaryl/α,β-unsaturated/α-hetero) is 1. The van der Waals surface area contributed by atoms with Crippen molar-refractivity contribution in [2.75, 3.05) is 31.4 Å². The third kappa shape index (κ3) is 4.49. The van der Waals surface area contributed by atoms with E-state index in [-0.39, 0.29) is 18.2 Å². The van der Waals surface area contributed by atoms with Crippen LogP contribution in [-0.2, 0) is 4.79 Å². The van der Waals surface area contributed by atoms with Gasteiger partial charge in [0.1, 0.15) is 0 Å². The van der Waals surface area contributed by atoms with Crippen molar-refractivity contribution in [2.45, 2.75) is 6.92 Å². The molecule has 0 aliphatic heterocycles. The van der Waals surface area contributed by atoms with Crippen LogP contribution in [0.15, 0.2) is 42.5 Å². The average molecular weight is 328 g/mol. The van der Waals surface area contributed by atoms with E-state index in [2.05, 4.69) is 10.6 Å². The normalized spacial score (nSPS) is 9.96. The quantitative estimate of drug-likeness (QED) is 0.764. The molecule has 0 bridgehead atoms. The number of hydrogen-bond acceptors (Lipinski definition) is 5. The van der Waals surface area contributed by atoms with Gasteiger partial charge >= 0.3 is 0 Å². The lowest BCUT2D eigenvalue weighted by Crippen LogP contribution is -2.21. The molecule has 0 fully saturated rings. The molecule has 2 N–H and O–H groups in total. The molecule has 1 amide bonds. The largest absolute Gasteiger partial charge is 0.493 e. The Morgan fingerprint density at radius 3 is 2.38 bits per heavy atom. The molecule has 0 saturated heterocycles. The first-order valence-corrected chi connectivity index (χ1v) is 7.40. The maximum Gasteiger partial charge on any atom is 0.243 e. The highest BCUT2D eigenvalue weighted by Gasteiger charge is 2.08.